The highest BCUT2D eigenvalue weighted by atomic mass is 35.5. The van der Waals surface area contributed by atoms with Crippen LogP contribution < -0.4 is 5.32 Å². The molecule has 2 aromatic rings. The molecule has 0 saturated carbocycles. The highest BCUT2D eigenvalue weighted by molar-refractivity contribution is 8.01. The maximum absolute atomic E-state index is 11.6. The highest BCUT2D eigenvalue weighted by Gasteiger charge is 2.03. The number of carbonyl (C=O) groups is 1. The van der Waals surface area contributed by atoms with Crippen molar-refractivity contribution in [2.24, 2.45) is 0 Å². The second-order valence-electron chi connectivity index (χ2n) is 3.95. The van der Waals surface area contributed by atoms with Gasteiger partial charge >= 0.3 is 0 Å². The molecule has 0 spiro atoms. The van der Waals surface area contributed by atoms with Gasteiger partial charge in [-0.1, -0.05) is 29.8 Å². The van der Waals surface area contributed by atoms with Crippen molar-refractivity contribution >= 4 is 40.6 Å². The van der Waals surface area contributed by atoms with E-state index in [9.17, 15) is 4.79 Å². The second-order valence-corrected chi connectivity index (χ2v) is 6.61. The Morgan fingerprint density at radius 1 is 1.26 bits per heavy atom. The summed E-state index contributed by atoms with van der Waals surface area (Å²) in [5, 5.41) is 5.67. The summed E-state index contributed by atoms with van der Waals surface area (Å²) in [4.78, 5) is 11.6. The summed E-state index contributed by atoms with van der Waals surface area (Å²) in [5.41, 5.74) is 1.18. The van der Waals surface area contributed by atoms with Crippen LogP contribution in [0.5, 0.6) is 0 Å². The van der Waals surface area contributed by atoms with Crippen molar-refractivity contribution in [1.82, 2.24) is 5.32 Å². The van der Waals surface area contributed by atoms with Crippen LogP contribution in [-0.4, -0.2) is 18.2 Å². The van der Waals surface area contributed by atoms with E-state index in [1.54, 1.807) is 23.1 Å². The molecule has 1 heterocycles. The molecule has 2 nitrogen and oxygen atoms in total. The zero-order valence-electron chi connectivity index (χ0n) is 10.3. The molecule has 0 unspecified atom stereocenters. The molecule has 5 heteroatoms. The quantitative estimate of drug-likeness (QED) is 0.821. The number of thioether (sulfide) groups is 1. The number of hydrogen-bond donors (Lipinski definition) is 1. The van der Waals surface area contributed by atoms with Gasteiger partial charge < -0.3 is 5.32 Å². The van der Waals surface area contributed by atoms with Crippen LogP contribution in [0.2, 0.25) is 5.02 Å². The highest BCUT2D eigenvalue weighted by Crippen LogP contribution is 2.22. The fraction of sp³-hybridized carbons (Fsp3) is 0.214. The number of thiophene rings is 1. The predicted octanol–water partition coefficient (Wildman–Crippen LogP) is 3.85. The molecule has 0 aliphatic carbocycles. The van der Waals surface area contributed by atoms with E-state index in [1.165, 1.54) is 9.77 Å². The second kappa shape index (κ2) is 7.58. The van der Waals surface area contributed by atoms with Crippen molar-refractivity contribution in [3.63, 3.8) is 0 Å². The van der Waals surface area contributed by atoms with Crippen LogP contribution in [-0.2, 0) is 11.2 Å². The van der Waals surface area contributed by atoms with Crippen molar-refractivity contribution in [3.8, 4) is 0 Å². The molecule has 0 aliphatic heterocycles. The lowest BCUT2D eigenvalue weighted by atomic mass is 10.1. The maximum atomic E-state index is 11.6. The summed E-state index contributed by atoms with van der Waals surface area (Å²) in [5.74, 6) is 0.550. The van der Waals surface area contributed by atoms with Gasteiger partial charge in [-0.05, 0) is 35.6 Å². The van der Waals surface area contributed by atoms with Crippen LogP contribution in [0, 0.1) is 0 Å². The molecular weight excluding hydrogens is 298 g/mol. The molecule has 19 heavy (non-hydrogen) atoms. The molecule has 2 rings (SSSR count). The van der Waals surface area contributed by atoms with Crippen molar-refractivity contribution in [2.75, 3.05) is 12.3 Å². The van der Waals surface area contributed by atoms with Crippen LogP contribution >= 0.6 is 34.7 Å². The lowest BCUT2D eigenvalue weighted by Crippen LogP contribution is -2.27. The molecule has 0 fully saturated rings. The number of nitrogens with one attached hydrogen (secondary N) is 1. The Kier molecular flexibility index (Phi) is 5.76. The predicted molar refractivity (Wildman–Crippen MR) is 83.2 cm³/mol. The minimum Gasteiger partial charge on any atom is -0.355 e. The van der Waals surface area contributed by atoms with Gasteiger partial charge in [-0.2, -0.15) is 0 Å². The van der Waals surface area contributed by atoms with E-state index in [1.807, 2.05) is 41.8 Å². The summed E-state index contributed by atoms with van der Waals surface area (Å²) in [6.45, 7) is 0.658. The molecule has 1 amide bonds. The molecule has 0 bridgehead atoms. The first-order valence-electron chi connectivity index (χ1n) is 5.91. The van der Waals surface area contributed by atoms with Crippen molar-refractivity contribution in [2.45, 2.75) is 10.6 Å². The molecule has 1 aromatic heterocycles. The lowest BCUT2D eigenvalue weighted by molar-refractivity contribution is -0.118. The van der Waals surface area contributed by atoms with Crippen LogP contribution in [0.1, 0.15) is 5.56 Å². The van der Waals surface area contributed by atoms with Gasteiger partial charge in [0.2, 0.25) is 5.91 Å². The van der Waals surface area contributed by atoms with Gasteiger partial charge in [0.05, 0.1) is 9.96 Å². The molecule has 0 saturated heterocycles. The molecule has 100 valence electrons. The molecule has 0 radical (unpaired) electrons. The summed E-state index contributed by atoms with van der Waals surface area (Å²) < 4.78 is 1.17. The monoisotopic (exact) mass is 311 g/mol. The number of halogens is 1. The number of rotatable bonds is 6. The molecule has 0 atom stereocenters. The van der Waals surface area contributed by atoms with Gasteiger partial charge in [0.1, 0.15) is 0 Å². The van der Waals surface area contributed by atoms with Crippen molar-refractivity contribution < 1.29 is 4.79 Å². The van der Waals surface area contributed by atoms with Crippen molar-refractivity contribution in [1.29, 1.82) is 0 Å². The van der Waals surface area contributed by atoms with Gasteiger partial charge in [-0.15, -0.1) is 23.1 Å². The van der Waals surface area contributed by atoms with Gasteiger partial charge in [0, 0.05) is 11.6 Å². The first kappa shape index (κ1) is 14.4. The molecule has 1 aromatic carbocycles. The largest absolute Gasteiger partial charge is 0.355 e. The van der Waals surface area contributed by atoms with E-state index in [4.69, 9.17) is 11.6 Å². The minimum atomic E-state index is 0.0763. The van der Waals surface area contributed by atoms with Gasteiger partial charge in [-0.3, -0.25) is 4.79 Å². The Bertz CT molecular complexity index is 511. The van der Waals surface area contributed by atoms with Crippen LogP contribution in [0.25, 0.3) is 0 Å². The zero-order valence-corrected chi connectivity index (χ0v) is 12.7. The van der Waals surface area contributed by atoms with Crippen molar-refractivity contribution in [3.05, 3.63) is 52.4 Å². The smallest absolute Gasteiger partial charge is 0.230 e. The van der Waals surface area contributed by atoms with Gasteiger partial charge in [0.15, 0.2) is 0 Å². The van der Waals surface area contributed by atoms with E-state index in [2.05, 4.69) is 5.32 Å². The third-order valence-corrected chi connectivity index (χ3v) is 4.87. The van der Waals surface area contributed by atoms with Crippen LogP contribution in [0.15, 0.2) is 46.0 Å². The Hall–Kier alpha value is -0.970. The third kappa shape index (κ3) is 5.27. The van der Waals surface area contributed by atoms with Gasteiger partial charge in [0.25, 0.3) is 0 Å². The average molecular weight is 312 g/mol. The van der Waals surface area contributed by atoms with Crippen LogP contribution in [0.4, 0.5) is 0 Å². The standard InChI is InChI=1S/C14H14ClNOS2/c15-12-5-3-11(4-6-12)7-8-16-13(17)10-19-14-2-1-9-18-14/h1-6,9H,7-8,10H2,(H,16,17). The third-order valence-electron chi connectivity index (χ3n) is 2.49. The Labute approximate surface area is 126 Å². The normalized spacial score (nSPS) is 10.4. The molecule has 1 N–H and O–H groups in total. The lowest BCUT2D eigenvalue weighted by Gasteiger charge is -2.05. The topological polar surface area (TPSA) is 29.1 Å². The fourth-order valence-corrected chi connectivity index (χ4v) is 3.27. The molecular formula is C14H14ClNOS2. The summed E-state index contributed by atoms with van der Waals surface area (Å²) in [6.07, 6.45) is 0.826. The Morgan fingerprint density at radius 3 is 2.74 bits per heavy atom. The SMILES string of the molecule is O=C(CSc1cccs1)NCCc1ccc(Cl)cc1. The Balaban J connectivity index is 1.65. The first-order valence-corrected chi connectivity index (χ1v) is 8.16. The zero-order chi connectivity index (χ0) is 13.5. The summed E-state index contributed by atoms with van der Waals surface area (Å²) >= 11 is 9.04. The Morgan fingerprint density at radius 2 is 2.05 bits per heavy atom. The average Bonchev–Trinajstić information content (AvgIpc) is 2.92. The number of carbonyl (C=O) groups excluding carboxylic acids is 1. The number of amides is 1. The van der Waals surface area contributed by atoms with E-state index in [0.717, 1.165) is 11.4 Å². The maximum Gasteiger partial charge on any atom is 0.230 e. The first-order chi connectivity index (χ1) is 9.24. The van der Waals surface area contributed by atoms with E-state index < -0.39 is 0 Å². The van der Waals surface area contributed by atoms with Gasteiger partial charge in [-0.25, -0.2) is 0 Å². The van der Waals surface area contributed by atoms with E-state index in [-0.39, 0.29) is 5.91 Å². The van der Waals surface area contributed by atoms with E-state index >= 15 is 0 Å². The summed E-state index contributed by atoms with van der Waals surface area (Å²) in [6, 6.07) is 11.7. The van der Waals surface area contributed by atoms with Crippen LogP contribution in [0.3, 0.4) is 0 Å². The fourth-order valence-electron chi connectivity index (χ4n) is 1.53. The van der Waals surface area contributed by atoms with E-state index in [0.29, 0.717) is 12.3 Å². The number of hydrogen-bond acceptors (Lipinski definition) is 3. The number of benzene rings is 1. The summed E-state index contributed by atoms with van der Waals surface area (Å²) in [7, 11) is 0. The minimum absolute atomic E-state index is 0.0763. The molecule has 0 aliphatic rings.